The highest BCUT2D eigenvalue weighted by Gasteiger charge is 2.31. The molecule has 3 saturated heterocycles. The van der Waals surface area contributed by atoms with Crippen LogP contribution in [0.5, 0.6) is 5.75 Å². The molecule has 0 bridgehead atoms. The molecule has 4 rings (SSSR count). The summed E-state index contributed by atoms with van der Waals surface area (Å²) in [6.45, 7) is 5.39. The van der Waals surface area contributed by atoms with Gasteiger partial charge in [0.05, 0.1) is 19.8 Å². The molecule has 0 aliphatic carbocycles. The first-order valence-corrected chi connectivity index (χ1v) is 10.7. The molecule has 1 aromatic rings. The van der Waals surface area contributed by atoms with E-state index in [4.69, 9.17) is 14.2 Å². The Bertz CT molecular complexity index is 688. The van der Waals surface area contributed by atoms with Crippen molar-refractivity contribution < 1.29 is 23.8 Å². The van der Waals surface area contributed by atoms with E-state index >= 15 is 0 Å². The molecule has 3 heterocycles. The van der Waals surface area contributed by atoms with Gasteiger partial charge in [0.1, 0.15) is 11.9 Å². The Kier molecular flexibility index (Phi) is 6.67. The molecule has 0 N–H and O–H groups in total. The third-order valence-electron chi connectivity index (χ3n) is 6.02. The maximum absolute atomic E-state index is 12.5. The molecule has 3 aliphatic rings. The Hall–Kier alpha value is -2.12. The van der Waals surface area contributed by atoms with Crippen molar-refractivity contribution in [3.05, 3.63) is 29.8 Å². The molecule has 7 heteroatoms. The Morgan fingerprint density at radius 3 is 2.31 bits per heavy atom. The molecule has 7 nitrogen and oxygen atoms in total. The van der Waals surface area contributed by atoms with Crippen LogP contribution >= 0.6 is 0 Å². The van der Waals surface area contributed by atoms with Crippen molar-refractivity contribution >= 4 is 11.8 Å². The number of morpholine rings is 1. The number of carbonyl (C=O) groups excluding carboxylic acids is 2. The second kappa shape index (κ2) is 9.59. The minimum atomic E-state index is -0.221. The zero-order valence-corrected chi connectivity index (χ0v) is 16.9. The number of ether oxygens (including phenoxy) is 3. The van der Waals surface area contributed by atoms with E-state index in [9.17, 15) is 9.59 Å². The molecule has 3 fully saturated rings. The number of hydrogen-bond acceptors (Lipinski definition) is 5. The smallest absolute Gasteiger partial charge is 0.254 e. The summed E-state index contributed by atoms with van der Waals surface area (Å²) < 4.78 is 16.8. The zero-order valence-electron chi connectivity index (χ0n) is 16.9. The van der Waals surface area contributed by atoms with Crippen LogP contribution in [0.2, 0.25) is 0 Å². The minimum absolute atomic E-state index is 0.0446. The van der Waals surface area contributed by atoms with Gasteiger partial charge in [0, 0.05) is 38.3 Å². The van der Waals surface area contributed by atoms with E-state index in [0.717, 1.165) is 44.5 Å². The van der Waals surface area contributed by atoms with Gasteiger partial charge in [-0.3, -0.25) is 9.59 Å². The summed E-state index contributed by atoms with van der Waals surface area (Å²) in [5, 5.41) is 0. The first kappa shape index (κ1) is 20.2. The van der Waals surface area contributed by atoms with Crippen LogP contribution in [0.1, 0.15) is 36.0 Å². The maximum Gasteiger partial charge on any atom is 0.254 e. The monoisotopic (exact) mass is 402 g/mol. The number of likely N-dealkylation sites (tertiary alicyclic amines) is 1. The normalized spacial score (nSPS) is 23.2. The summed E-state index contributed by atoms with van der Waals surface area (Å²) in [6.07, 6.45) is 3.52. The largest absolute Gasteiger partial charge is 0.493 e. The van der Waals surface area contributed by atoms with E-state index in [-0.39, 0.29) is 17.9 Å². The first-order chi connectivity index (χ1) is 14.2. The highest BCUT2D eigenvalue weighted by atomic mass is 16.5. The minimum Gasteiger partial charge on any atom is -0.493 e. The van der Waals surface area contributed by atoms with Gasteiger partial charge < -0.3 is 24.0 Å². The summed E-state index contributed by atoms with van der Waals surface area (Å²) in [4.78, 5) is 28.7. The second-order valence-corrected chi connectivity index (χ2v) is 8.01. The summed E-state index contributed by atoms with van der Waals surface area (Å²) >= 11 is 0. The lowest BCUT2D eigenvalue weighted by Gasteiger charge is -2.33. The number of nitrogens with zero attached hydrogens (tertiary/aromatic N) is 2. The summed E-state index contributed by atoms with van der Waals surface area (Å²) in [7, 11) is 0. The summed E-state index contributed by atoms with van der Waals surface area (Å²) in [5.74, 6) is 1.42. The molecule has 0 spiro atoms. The number of rotatable bonds is 5. The lowest BCUT2D eigenvalue weighted by molar-refractivity contribution is -0.142. The molecule has 29 heavy (non-hydrogen) atoms. The van der Waals surface area contributed by atoms with Crippen molar-refractivity contribution in [3.8, 4) is 5.75 Å². The van der Waals surface area contributed by atoms with Crippen LogP contribution in [0, 0.1) is 5.92 Å². The molecular formula is C22H30N2O5. The molecule has 158 valence electrons. The van der Waals surface area contributed by atoms with Crippen LogP contribution in [-0.2, 0) is 14.3 Å². The lowest BCUT2D eigenvalue weighted by atomic mass is 9.97. The standard InChI is InChI=1S/C22H30N2O5/c25-21(24-11-14-27-15-12-24)18-3-5-19(6-4-18)29-16-17-7-9-23(10-8-17)22(26)20-2-1-13-28-20/h3-6,17,20H,1-2,7-16H2. The van der Waals surface area contributed by atoms with Gasteiger partial charge in [-0.1, -0.05) is 0 Å². The van der Waals surface area contributed by atoms with E-state index in [0.29, 0.717) is 51.0 Å². The van der Waals surface area contributed by atoms with Crippen molar-refractivity contribution in [3.63, 3.8) is 0 Å². The molecule has 2 amide bonds. The van der Waals surface area contributed by atoms with E-state index < -0.39 is 0 Å². The lowest BCUT2D eigenvalue weighted by Crippen LogP contribution is -2.44. The molecule has 0 aromatic heterocycles. The van der Waals surface area contributed by atoms with Gasteiger partial charge in [-0.05, 0) is 55.9 Å². The average Bonchev–Trinajstić information content (AvgIpc) is 3.33. The third kappa shape index (κ3) is 5.08. The van der Waals surface area contributed by atoms with Crippen molar-refractivity contribution in [2.45, 2.75) is 31.8 Å². The molecule has 0 saturated carbocycles. The van der Waals surface area contributed by atoms with E-state index in [1.807, 2.05) is 34.1 Å². The van der Waals surface area contributed by atoms with Gasteiger partial charge >= 0.3 is 0 Å². The summed E-state index contributed by atoms with van der Waals surface area (Å²) in [6, 6.07) is 7.39. The van der Waals surface area contributed by atoms with Gasteiger partial charge in [-0.25, -0.2) is 0 Å². The maximum atomic E-state index is 12.5. The van der Waals surface area contributed by atoms with Crippen LogP contribution in [-0.4, -0.2) is 80.3 Å². The Labute approximate surface area is 171 Å². The van der Waals surface area contributed by atoms with Crippen LogP contribution in [0.4, 0.5) is 0 Å². The Balaban J connectivity index is 1.20. The molecule has 1 unspecified atom stereocenters. The molecular weight excluding hydrogens is 372 g/mol. The molecule has 1 aromatic carbocycles. The number of carbonyl (C=O) groups is 2. The predicted octanol–water partition coefficient (Wildman–Crippen LogP) is 1.96. The fourth-order valence-electron chi connectivity index (χ4n) is 4.15. The highest BCUT2D eigenvalue weighted by molar-refractivity contribution is 5.94. The van der Waals surface area contributed by atoms with Gasteiger partial charge in [0.2, 0.25) is 0 Å². The number of benzene rings is 1. The first-order valence-electron chi connectivity index (χ1n) is 10.7. The van der Waals surface area contributed by atoms with Crippen LogP contribution in [0.25, 0.3) is 0 Å². The van der Waals surface area contributed by atoms with Crippen molar-refractivity contribution in [2.75, 3.05) is 52.6 Å². The molecule has 3 aliphatic heterocycles. The number of hydrogen-bond donors (Lipinski definition) is 0. The fraction of sp³-hybridized carbons (Fsp3) is 0.636. The zero-order chi connectivity index (χ0) is 20.1. The quantitative estimate of drug-likeness (QED) is 0.753. The highest BCUT2D eigenvalue weighted by Crippen LogP contribution is 2.23. The van der Waals surface area contributed by atoms with Crippen LogP contribution in [0.15, 0.2) is 24.3 Å². The third-order valence-corrected chi connectivity index (χ3v) is 6.02. The summed E-state index contributed by atoms with van der Waals surface area (Å²) in [5.41, 5.74) is 0.681. The topological polar surface area (TPSA) is 68.3 Å². The molecule has 0 radical (unpaired) electrons. The van der Waals surface area contributed by atoms with Gasteiger partial charge in [0.15, 0.2) is 0 Å². The van der Waals surface area contributed by atoms with E-state index in [1.54, 1.807) is 0 Å². The SMILES string of the molecule is O=C(c1ccc(OCC2CCN(C(=O)C3CCCO3)CC2)cc1)N1CCOCC1. The van der Waals surface area contributed by atoms with Gasteiger partial charge in [-0.2, -0.15) is 0 Å². The van der Waals surface area contributed by atoms with Crippen LogP contribution < -0.4 is 4.74 Å². The van der Waals surface area contributed by atoms with Crippen molar-refractivity contribution in [1.29, 1.82) is 0 Å². The van der Waals surface area contributed by atoms with Crippen molar-refractivity contribution in [2.24, 2.45) is 5.92 Å². The second-order valence-electron chi connectivity index (χ2n) is 8.01. The number of piperidine rings is 1. The average molecular weight is 402 g/mol. The fourth-order valence-corrected chi connectivity index (χ4v) is 4.15. The van der Waals surface area contributed by atoms with E-state index in [1.165, 1.54) is 0 Å². The van der Waals surface area contributed by atoms with Gasteiger partial charge in [-0.15, -0.1) is 0 Å². The van der Waals surface area contributed by atoms with Crippen LogP contribution in [0.3, 0.4) is 0 Å². The van der Waals surface area contributed by atoms with E-state index in [2.05, 4.69) is 0 Å². The predicted molar refractivity (Wildman–Crippen MR) is 107 cm³/mol. The Morgan fingerprint density at radius 1 is 0.931 bits per heavy atom. The Morgan fingerprint density at radius 2 is 1.66 bits per heavy atom. The number of amides is 2. The van der Waals surface area contributed by atoms with Crippen molar-refractivity contribution in [1.82, 2.24) is 9.80 Å². The van der Waals surface area contributed by atoms with Gasteiger partial charge in [0.25, 0.3) is 11.8 Å². The molecule has 1 atom stereocenters.